The summed E-state index contributed by atoms with van der Waals surface area (Å²) in [5.74, 6) is 0. The maximum atomic E-state index is 11.0. The fourth-order valence-electron chi connectivity index (χ4n) is 2.06. The second kappa shape index (κ2) is 5.79. The smallest absolute Gasteiger partial charge is 0.118 e. The number of benzene rings is 2. The van der Waals surface area contributed by atoms with E-state index in [0.717, 1.165) is 11.1 Å². The Labute approximate surface area is 123 Å². The molecule has 2 rings (SSSR count). The first-order valence-corrected chi connectivity index (χ1v) is 6.67. The topological polar surface area (TPSA) is 20.2 Å². The quantitative estimate of drug-likeness (QED) is 0.802. The molecule has 3 heteroatoms. The molecule has 0 unspecified atom stereocenters. The minimum atomic E-state index is -1.11. The zero-order valence-electron chi connectivity index (χ0n) is 10.3. The van der Waals surface area contributed by atoms with Gasteiger partial charge in [-0.2, -0.15) is 0 Å². The van der Waals surface area contributed by atoms with Crippen LogP contribution < -0.4 is 0 Å². The Kier molecular flexibility index (Phi) is 4.31. The molecule has 2 aromatic rings. The molecule has 0 spiro atoms. The highest BCUT2D eigenvalue weighted by molar-refractivity contribution is 6.30. The molecule has 0 fully saturated rings. The minimum Gasteiger partial charge on any atom is -0.380 e. The predicted molar refractivity (Wildman–Crippen MR) is 80.7 cm³/mol. The summed E-state index contributed by atoms with van der Waals surface area (Å²) in [7, 11) is 0. The molecule has 0 aliphatic rings. The van der Waals surface area contributed by atoms with Crippen LogP contribution >= 0.6 is 23.2 Å². The maximum absolute atomic E-state index is 11.0. The first kappa shape index (κ1) is 14.1. The van der Waals surface area contributed by atoms with E-state index in [-0.39, 0.29) is 0 Å². The standard InChI is InChI=1S/C16H14Cl2O/c1-2-11-16(19,12-3-7-14(17)8-4-12)13-5-9-15(18)10-6-13/h2-10,19H,1,11H2. The van der Waals surface area contributed by atoms with Gasteiger partial charge in [0.15, 0.2) is 0 Å². The molecule has 0 saturated carbocycles. The molecule has 0 radical (unpaired) electrons. The van der Waals surface area contributed by atoms with E-state index >= 15 is 0 Å². The van der Waals surface area contributed by atoms with E-state index in [4.69, 9.17) is 23.2 Å². The van der Waals surface area contributed by atoms with Crippen molar-refractivity contribution in [3.63, 3.8) is 0 Å². The van der Waals surface area contributed by atoms with Gasteiger partial charge in [0.1, 0.15) is 5.60 Å². The molecule has 0 bridgehead atoms. The Morgan fingerprint density at radius 2 is 1.26 bits per heavy atom. The first-order chi connectivity index (χ1) is 9.06. The Balaban J connectivity index is 2.50. The fraction of sp³-hybridized carbons (Fsp3) is 0.125. The second-order valence-corrected chi connectivity index (χ2v) is 5.24. The summed E-state index contributed by atoms with van der Waals surface area (Å²) < 4.78 is 0. The molecule has 0 atom stereocenters. The van der Waals surface area contributed by atoms with Crippen LogP contribution in [0.25, 0.3) is 0 Å². The summed E-state index contributed by atoms with van der Waals surface area (Å²) in [4.78, 5) is 0. The van der Waals surface area contributed by atoms with Gasteiger partial charge >= 0.3 is 0 Å². The van der Waals surface area contributed by atoms with Crippen LogP contribution in [0.4, 0.5) is 0 Å². The number of hydrogen-bond acceptors (Lipinski definition) is 1. The summed E-state index contributed by atoms with van der Waals surface area (Å²) in [5, 5.41) is 12.3. The van der Waals surface area contributed by atoms with Crippen molar-refractivity contribution in [2.75, 3.05) is 0 Å². The lowest BCUT2D eigenvalue weighted by molar-refractivity contribution is 0.0842. The minimum absolute atomic E-state index is 0.413. The van der Waals surface area contributed by atoms with Crippen LogP contribution in [0.3, 0.4) is 0 Å². The molecular formula is C16H14Cl2O. The van der Waals surface area contributed by atoms with E-state index < -0.39 is 5.60 Å². The molecule has 98 valence electrons. The third-order valence-electron chi connectivity index (χ3n) is 3.08. The van der Waals surface area contributed by atoms with Crippen molar-refractivity contribution in [3.8, 4) is 0 Å². The van der Waals surface area contributed by atoms with E-state index in [2.05, 4.69) is 6.58 Å². The zero-order valence-corrected chi connectivity index (χ0v) is 11.8. The zero-order chi connectivity index (χ0) is 13.9. The monoisotopic (exact) mass is 292 g/mol. The van der Waals surface area contributed by atoms with Gasteiger partial charge in [0.05, 0.1) is 0 Å². The van der Waals surface area contributed by atoms with Crippen molar-refractivity contribution in [1.29, 1.82) is 0 Å². The number of hydrogen-bond donors (Lipinski definition) is 1. The van der Waals surface area contributed by atoms with Gasteiger partial charge in [0.25, 0.3) is 0 Å². The van der Waals surface area contributed by atoms with Gasteiger partial charge in [0.2, 0.25) is 0 Å². The summed E-state index contributed by atoms with van der Waals surface area (Å²) in [5.41, 5.74) is 0.440. The molecule has 0 amide bonds. The molecule has 0 aliphatic heterocycles. The average molecular weight is 293 g/mol. The molecule has 2 aromatic carbocycles. The third-order valence-corrected chi connectivity index (χ3v) is 3.59. The highest BCUT2D eigenvalue weighted by Crippen LogP contribution is 2.34. The lowest BCUT2D eigenvalue weighted by atomic mass is 9.84. The van der Waals surface area contributed by atoms with Gasteiger partial charge in [-0.3, -0.25) is 0 Å². The summed E-state index contributed by atoms with van der Waals surface area (Å²) in [6.07, 6.45) is 2.11. The van der Waals surface area contributed by atoms with E-state index in [1.165, 1.54) is 0 Å². The Bertz CT molecular complexity index is 513. The van der Waals surface area contributed by atoms with Crippen molar-refractivity contribution >= 4 is 23.2 Å². The van der Waals surface area contributed by atoms with Crippen molar-refractivity contribution in [3.05, 3.63) is 82.4 Å². The molecule has 0 saturated heterocycles. The normalized spacial score (nSPS) is 11.3. The highest BCUT2D eigenvalue weighted by Gasteiger charge is 2.29. The Morgan fingerprint density at radius 3 is 1.58 bits per heavy atom. The Morgan fingerprint density at radius 1 is 0.895 bits per heavy atom. The summed E-state index contributed by atoms with van der Waals surface area (Å²) >= 11 is 11.8. The van der Waals surface area contributed by atoms with Gasteiger partial charge in [-0.25, -0.2) is 0 Å². The van der Waals surface area contributed by atoms with Gasteiger partial charge in [-0.15, -0.1) is 6.58 Å². The van der Waals surface area contributed by atoms with Crippen LogP contribution in [0, 0.1) is 0 Å². The van der Waals surface area contributed by atoms with Gasteiger partial charge < -0.3 is 5.11 Å². The van der Waals surface area contributed by atoms with Gasteiger partial charge in [-0.05, 0) is 35.4 Å². The van der Waals surface area contributed by atoms with E-state index in [9.17, 15) is 5.11 Å². The lowest BCUT2D eigenvalue weighted by Gasteiger charge is -2.28. The number of rotatable bonds is 4. The first-order valence-electron chi connectivity index (χ1n) is 5.91. The number of aliphatic hydroxyl groups is 1. The second-order valence-electron chi connectivity index (χ2n) is 4.37. The van der Waals surface area contributed by atoms with Crippen molar-refractivity contribution in [2.24, 2.45) is 0 Å². The molecular weight excluding hydrogens is 279 g/mol. The Hall–Kier alpha value is -1.28. The predicted octanol–water partition coefficient (Wildman–Crippen LogP) is 4.81. The molecule has 1 nitrogen and oxygen atoms in total. The van der Waals surface area contributed by atoms with Crippen molar-refractivity contribution in [1.82, 2.24) is 0 Å². The van der Waals surface area contributed by atoms with E-state index in [1.54, 1.807) is 30.3 Å². The average Bonchev–Trinajstić information content (AvgIpc) is 2.40. The van der Waals surface area contributed by atoms with Gasteiger partial charge in [-0.1, -0.05) is 53.5 Å². The molecule has 1 N–H and O–H groups in total. The fourth-order valence-corrected chi connectivity index (χ4v) is 2.31. The van der Waals surface area contributed by atoms with Crippen LogP contribution in [0.5, 0.6) is 0 Å². The van der Waals surface area contributed by atoms with Crippen molar-refractivity contribution in [2.45, 2.75) is 12.0 Å². The molecule has 0 heterocycles. The summed E-state index contributed by atoms with van der Waals surface area (Å²) in [6.45, 7) is 3.72. The lowest BCUT2D eigenvalue weighted by Crippen LogP contribution is -2.26. The van der Waals surface area contributed by atoms with Crippen LogP contribution in [-0.2, 0) is 5.60 Å². The van der Waals surface area contributed by atoms with Crippen molar-refractivity contribution < 1.29 is 5.11 Å². The molecule has 0 aromatic heterocycles. The highest BCUT2D eigenvalue weighted by atomic mass is 35.5. The number of halogens is 2. The SMILES string of the molecule is C=CCC(O)(c1ccc(Cl)cc1)c1ccc(Cl)cc1. The molecule has 0 aliphatic carbocycles. The summed E-state index contributed by atoms with van der Waals surface area (Å²) in [6, 6.07) is 14.3. The van der Waals surface area contributed by atoms with E-state index in [1.807, 2.05) is 24.3 Å². The van der Waals surface area contributed by atoms with E-state index in [0.29, 0.717) is 16.5 Å². The molecule has 19 heavy (non-hydrogen) atoms. The van der Waals surface area contributed by atoms with Crippen LogP contribution in [0.2, 0.25) is 10.0 Å². The van der Waals surface area contributed by atoms with Crippen LogP contribution in [0.1, 0.15) is 17.5 Å². The largest absolute Gasteiger partial charge is 0.380 e. The maximum Gasteiger partial charge on any atom is 0.118 e. The van der Waals surface area contributed by atoms with Gasteiger partial charge in [0, 0.05) is 16.5 Å². The third kappa shape index (κ3) is 3.01. The van der Waals surface area contributed by atoms with Crippen LogP contribution in [0.15, 0.2) is 61.2 Å². The van der Waals surface area contributed by atoms with Crippen LogP contribution in [-0.4, -0.2) is 5.11 Å².